The number of amides is 5. The molecule has 0 aromatic rings. The summed E-state index contributed by atoms with van der Waals surface area (Å²) in [6.07, 6.45) is 10.2. The summed E-state index contributed by atoms with van der Waals surface area (Å²) in [7, 11) is 0. The van der Waals surface area contributed by atoms with Gasteiger partial charge >= 0.3 is 6.03 Å². The first-order valence-corrected chi connectivity index (χ1v) is 18.7. The molecule has 6 rings (SSSR count). The van der Waals surface area contributed by atoms with E-state index in [0.29, 0.717) is 32.6 Å². The summed E-state index contributed by atoms with van der Waals surface area (Å²) in [4.78, 5) is 82.5. The minimum atomic E-state index is -1.09. The Hall–Kier alpha value is -3.02. The molecule has 2 spiro atoms. The minimum absolute atomic E-state index is 0.00778. The van der Waals surface area contributed by atoms with Crippen molar-refractivity contribution < 1.29 is 33.5 Å². The molecular formula is C37H57N5O7. The molecule has 6 aliphatic rings. The molecule has 0 radical (unpaired) electrons. The molecular weight excluding hydrogens is 626 g/mol. The highest BCUT2D eigenvalue weighted by Gasteiger charge is 2.86. The van der Waals surface area contributed by atoms with Crippen molar-refractivity contribution in [1.82, 2.24) is 20.9 Å². The molecule has 6 fully saturated rings. The van der Waals surface area contributed by atoms with Crippen LogP contribution in [0, 0.1) is 39.4 Å². The second-order valence-electron chi connectivity index (χ2n) is 17.8. The number of primary amides is 1. The molecule has 272 valence electrons. The number of rotatable bonds is 12. The number of nitrogens with zero attached hydrogens (tertiary/aromatic N) is 1. The summed E-state index contributed by atoms with van der Waals surface area (Å²) in [5.41, 5.74) is 3.88. The number of carbonyl (C=O) groups excluding carboxylic acids is 6. The fourth-order valence-electron chi connectivity index (χ4n) is 9.75. The molecule has 2 aliphatic heterocycles. The number of nitrogens with one attached hydrogen (secondary N) is 3. The number of likely N-dealkylation sites (tertiary alicyclic amines) is 1. The Morgan fingerprint density at radius 3 is 2.00 bits per heavy atom. The summed E-state index contributed by atoms with van der Waals surface area (Å²) in [6, 6.07) is -4.12. The molecule has 2 saturated heterocycles. The van der Waals surface area contributed by atoms with E-state index in [-0.39, 0.29) is 39.8 Å². The molecule has 2 heterocycles. The van der Waals surface area contributed by atoms with Gasteiger partial charge in [-0.15, -0.1) is 0 Å². The van der Waals surface area contributed by atoms with Crippen LogP contribution in [0.2, 0.25) is 0 Å². The van der Waals surface area contributed by atoms with Crippen molar-refractivity contribution in [1.29, 1.82) is 0 Å². The van der Waals surface area contributed by atoms with Gasteiger partial charge in [0.1, 0.15) is 12.1 Å². The third kappa shape index (κ3) is 6.29. The van der Waals surface area contributed by atoms with Gasteiger partial charge in [0, 0.05) is 23.3 Å². The van der Waals surface area contributed by atoms with Crippen LogP contribution in [0.15, 0.2) is 0 Å². The van der Waals surface area contributed by atoms with Gasteiger partial charge in [0.2, 0.25) is 17.6 Å². The second-order valence-corrected chi connectivity index (χ2v) is 17.8. The maximum Gasteiger partial charge on any atom is 0.316 e. The highest BCUT2D eigenvalue weighted by Crippen LogP contribution is 2.84. The van der Waals surface area contributed by atoms with E-state index in [9.17, 15) is 28.8 Å². The molecule has 12 nitrogen and oxygen atoms in total. The lowest BCUT2D eigenvalue weighted by molar-refractivity contribution is -0.143. The first-order valence-electron chi connectivity index (χ1n) is 18.7. The number of carbonyl (C=O) groups is 6. The molecule has 0 bridgehead atoms. The number of ketones is 2. The topological polar surface area (TPSA) is 177 Å². The highest BCUT2D eigenvalue weighted by molar-refractivity contribution is 6.37. The van der Waals surface area contributed by atoms with Crippen LogP contribution >= 0.6 is 0 Å². The van der Waals surface area contributed by atoms with Gasteiger partial charge in [-0.1, -0.05) is 73.1 Å². The lowest BCUT2D eigenvalue weighted by atomic mass is 9.80. The molecule has 12 heteroatoms. The van der Waals surface area contributed by atoms with Crippen LogP contribution in [0.1, 0.15) is 112 Å². The van der Waals surface area contributed by atoms with E-state index in [2.05, 4.69) is 29.8 Å². The molecule has 49 heavy (non-hydrogen) atoms. The van der Waals surface area contributed by atoms with Crippen molar-refractivity contribution in [3.05, 3.63) is 0 Å². The minimum Gasteiger partial charge on any atom is -0.380 e. The quantitative estimate of drug-likeness (QED) is 0.229. The molecule has 5 atom stereocenters. The average Bonchev–Trinajstić information content (AvgIpc) is 3.86. The lowest BCUT2D eigenvalue weighted by Crippen LogP contribution is -2.61. The van der Waals surface area contributed by atoms with Gasteiger partial charge in [-0.25, -0.2) is 4.79 Å². The number of fused-ring (bicyclic) bond motifs is 1. The number of hydrogen-bond donors (Lipinski definition) is 4. The highest BCUT2D eigenvalue weighted by atomic mass is 16.5. The van der Waals surface area contributed by atoms with E-state index >= 15 is 0 Å². The number of nitrogens with two attached hydrogens (primary N) is 1. The van der Waals surface area contributed by atoms with Crippen molar-refractivity contribution in [3.63, 3.8) is 0 Å². The molecule has 2 unspecified atom stereocenters. The van der Waals surface area contributed by atoms with Crippen molar-refractivity contribution in [2.45, 2.75) is 136 Å². The Balaban J connectivity index is 1.24. The van der Waals surface area contributed by atoms with E-state index in [4.69, 9.17) is 10.5 Å². The van der Waals surface area contributed by atoms with Gasteiger partial charge in [-0.2, -0.15) is 0 Å². The van der Waals surface area contributed by atoms with Gasteiger partial charge in [0.05, 0.1) is 25.3 Å². The largest absolute Gasteiger partial charge is 0.380 e. The normalized spacial score (nSPS) is 29.2. The maximum absolute atomic E-state index is 14.8. The van der Waals surface area contributed by atoms with Gasteiger partial charge in [0.25, 0.3) is 5.91 Å². The molecule has 4 aliphatic carbocycles. The summed E-state index contributed by atoms with van der Waals surface area (Å²) >= 11 is 0. The summed E-state index contributed by atoms with van der Waals surface area (Å²) in [5, 5.41) is 8.78. The zero-order valence-corrected chi connectivity index (χ0v) is 30.0. The standard InChI is InChI=1S/C37H57N5O7/c1-34(2,3)29(41-33(48)40-26(27(43)23-14-15-23)22-12-7-6-8-13-22)32(47)42-18-36(35(4,5)37(36)19-49-20-37)17-25(42)31(46)39-24(28(44)30(38)45)16-21-10-9-11-21/h21-26,29H,6-20H2,1-5H3,(H2,38,45)(H,39,46)(H2,40,41,48)/t24?,25-,26-,29+,36?/m0/s1. The van der Waals surface area contributed by atoms with E-state index < -0.39 is 59.1 Å². The van der Waals surface area contributed by atoms with Crippen molar-refractivity contribution in [2.75, 3.05) is 19.8 Å². The van der Waals surface area contributed by atoms with Gasteiger partial charge in [0.15, 0.2) is 5.78 Å². The zero-order valence-electron chi connectivity index (χ0n) is 30.0. The third-order valence-corrected chi connectivity index (χ3v) is 13.6. The van der Waals surface area contributed by atoms with Crippen LogP contribution < -0.4 is 21.7 Å². The third-order valence-electron chi connectivity index (χ3n) is 13.6. The van der Waals surface area contributed by atoms with Crippen molar-refractivity contribution in [2.24, 2.45) is 45.1 Å². The van der Waals surface area contributed by atoms with Crippen LogP contribution in [0.25, 0.3) is 0 Å². The van der Waals surface area contributed by atoms with Crippen LogP contribution in [-0.2, 0) is 28.7 Å². The Bertz CT molecular complexity index is 1370. The van der Waals surface area contributed by atoms with Crippen LogP contribution in [0.5, 0.6) is 0 Å². The van der Waals surface area contributed by atoms with Crippen LogP contribution in [-0.4, -0.2) is 84.1 Å². The fourth-order valence-corrected chi connectivity index (χ4v) is 9.75. The number of hydrogen-bond acceptors (Lipinski definition) is 7. The summed E-state index contributed by atoms with van der Waals surface area (Å²) in [6.45, 7) is 11.3. The Labute approximate surface area is 290 Å². The first-order chi connectivity index (χ1) is 23.0. The van der Waals surface area contributed by atoms with Crippen molar-refractivity contribution >= 4 is 35.3 Å². The average molecular weight is 684 g/mol. The van der Waals surface area contributed by atoms with Gasteiger partial charge in [-0.05, 0) is 61.2 Å². The predicted molar refractivity (Wildman–Crippen MR) is 181 cm³/mol. The first kappa shape index (κ1) is 35.8. The Morgan fingerprint density at radius 1 is 0.857 bits per heavy atom. The van der Waals surface area contributed by atoms with Gasteiger partial charge in [-0.3, -0.25) is 24.0 Å². The Kier molecular flexibility index (Phi) is 9.46. The number of ether oxygens (including phenoxy) is 1. The summed E-state index contributed by atoms with van der Waals surface area (Å²) in [5.74, 6) is -2.43. The lowest BCUT2D eigenvalue weighted by Gasteiger charge is -2.37. The van der Waals surface area contributed by atoms with E-state index in [1.807, 2.05) is 20.8 Å². The fraction of sp³-hybridized carbons (Fsp3) is 0.838. The van der Waals surface area contributed by atoms with Crippen LogP contribution in [0.4, 0.5) is 4.79 Å². The van der Waals surface area contributed by atoms with Crippen molar-refractivity contribution in [3.8, 4) is 0 Å². The second kappa shape index (κ2) is 12.9. The smallest absolute Gasteiger partial charge is 0.316 e. The number of Topliss-reactive ketones (excluding diaryl/α,β-unsaturated/α-hetero) is 2. The number of urea groups is 1. The van der Waals surface area contributed by atoms with Gasteiger partial charge < -0.3 is 31.3 Å². The molecule has 0 aromatic heterocycles. The molecule has 4 saturated carbocycles. The maximum atomic E-state index is 14.8. The molecule has 5 amide bonds. The van der Waals surface area contributed by atoms with E-state index in [1.54, 1.807) is 4.90 Å². The van der Waals surface area contributed by atoms with E-state index in [1.165, 1.54) is 0 Å². The predicted octanol–water partition coefficient (Wildman–Crippen LogP) is 3.00. The zero-order chi connectivity index (χ0) is 35.5. The summed E-state index contributed by atoms with van der Waals surface area (Å²) < 4.78 is 5.69. The monoisotopic (exact) mass is 683 g/mol. The van der Waals surface area contributed by atoms with E-state index in [0.717, 1.165) is 64.2 Å². The molecule has 0 aromatic carbocycles. The molecule has 5 N–H and O–H groups in total. The Morgan fingerprint density at radius 2 is 1.51 bits per heavy atom. The van der Waals surface area contributed by atoms with Crippen LogP contribution in [0.3, 0.4) is 0 Å². The SMILES string of the molecule is CC(C)(C)[C@H](NC(=O)N[C@H](C(=O)C1CC1)C1CCCCC1)C(=O)N1CC2(C[C@H]1C(=O)NC(CC1CCC1)C(=O)C(N)=O)C(C)(C)C21COC1.